The van der Waals surface area contributed by atoms with Crippen molar-refractivity contribution in [3.05, 3.63) is 65.2 Å². The number of hydrogen-bond donors (Lipinski definition) is 1. The van der Waals surface area contributed by atoms with Crippen molar-refractivity contribution in [3.63, 3.8) is 0 Å². The van der Waals surface area contributed by atoms with Gasteiger partial charge in [-0.05, 0) is 37.6 Å². The SMILES string of the molecule is CC(C)S(=O)(=O)N[C@@H]1CN(C(=O)c2cncc3cncn23)C[C@H]1c1cc(F)cc(Cl)c1. The van der Waals surface area contributed by atoms with Crippen molar-refractivity contribution in [2.45, 2.75) is 31.1 Å². The largest absolute Gasteiger partial charge is 0.335 e. The Morgan fingerprint density at radius 3 is 2.65 bits per heavy atom. The van der Waals surface area contributed by atoms with Crippen molar-refractivity contribution in [2.24, 2.45) is 0 Å². The highest BCUT2D eigenvalue weighted by Crippen LogP contribution is 2.31. The Labute approximate surface area is 184 Å². The lowest BCUT2D eigenvalue weighted by atomic mass is 9.95. The molecule has 8 nitrogen and oxygen atoms in total. The molecule has 0 spiro atoms. The van der Waals surface area contributed by atoms with Crippen molar-refractivity contribution in [1.82, 2.24) is 24.0 Å². The fraction of sp³-hybridized carbons (Fsp3) is 0.350. The van der Waals surface area contributed by atoms with Gasteiger partial charge < -0.3 is 4.90 Å². The van der Waals surface area contributed by atoms with Crippen LogP contribution in [0.5, 0.6) is 0 Å². The van der Waals surface area contributed by atoms with Crippen LogP contribution in [0.3, 0.4) is 0 Å². The van der Waals surface area contributed by atoms with Crippen LogP contribution in [-0.2, 0) is 10.0 Å². The van der Waals surface area contributed by atoms with E-state index in [1.165, 1.54) is 29.6 Å². The molecule has 1 N–H and O–H groups in total. The van der Waals surface area contributed by atoms with Gasteiger partial charge in [-0.2, -0.15) is 0 Å². The number of hydrogen-bond acceptors (Lipinski definition) is 5. The maximum absolute atomic E-state index is 14.0. The third-order valence-electron chi connectivity index (χ3n) is 5.41. The Kier molecular flexibility index (Phi) is 5.71. The second-order valence-electron chi connectivity index (χ2n) is 7.82. The summed E-state index contributed by atoms with van der Waals surface area (Å²) in [7, 11) is -3.62. The second-order valence-corrected chi connectivity index (χ2v) is 10.5. The van der Waals surface area contributed by atoms with E-state index in [2.05, 4.69) is 14.7 Å². The Morgan fingerprint density at radius 1 is 1.19 bits per heavy atom. The van der Waals surface area contributed by atoms with Gasteiger partial charge in [0.05, 0.1) is 35.7 Å². The Bertz CT molecular complexity index is 1230. The summed E-state index contributed by atoms with van der Waals surface area (Å²) in [6.07, 6.45) is 6.13. The van der Waals surface area contributed by atoms with Crippen LogP contribution in [0.4, 0.5) is 4.39 Å². The van der Waals surface area contributed by atoms with Crippen LogP contribution in [0.1, 0.15) is 35.8 Å². The summed E-state index contributed by atoms with van der Waals surface area (Å²) >= 11 is 6.03. The molecule has 0 aliphatic carbocycles. The molecule has 0 bridgehead atoms. The van der Waals surface area contributed by atoms with Gasteiger partial charge in [0.2, 0.25) is 10.0 Å². The Balaban J connectivity index is 1.69. The van der Waals surface area contributed by atoms with E-state index in [4.69, 9.17) is 11.6 Å². The van der Waals surface area contributed by atoms with E-state index in [1.807, 2.05) is 0 Å². The zero-order chi connectivity index (χ0) is 22.3. The number of sulfonamides is 1. The molecular weight excluding hydrogens is 445 g/mol. The highest BCUT2D eigenvalue weighted by atomic mass is 35.5. The lowest BCUT2D eigenvalue weighted by Gasteiger charge is -2.21. The second kappa shape index (κ2) is 8.18. The highest BCUT2D eigenvalue weighted by Gasteiger charge is 2.40. The smallest absolute Gasteiger partial charge is 0.272 e. The molecule has 31 heavy (non-hydrogen) atoms. The predicted octanol–water partition coefficient (Wildman–Crippen LogP) is 2.46. The molecule has 1 aliphatic rings. The van der Waals surface area contributed by atoms with Crippen LogP contribution in [0, 0.1) is 5.82 Å². The number of aromatic nitrogens is 3. The minimum absolute atomic E-state index is 0.120. The van der Waals surface area contributed by atoms with E-state index >= 15 is 0 Å². The number of imidazole rings is 1. The lowest BCUT2D eigenvalue weighted by Crippen LogP contribution is -2.43. The molecule has 164 valence electrons. The zero-order valence-electron chi connectivity index (χ0n) is 16.9. The number of carbonyl (C=O) groups excluding carboxylic acids is 1. The third kappa shape index (κ3) is 4.28. The van der Waals surface area contributed by atoms with E-state index in [1.54, 1.807) is 36.7 Å². The molecule has 1 fully saturated rings. The van der Waals surface area contributed by atoms with Crippen molar-refractivity contribution in [2.75, 3.05) is 13.1 Å². The average Bonchev–Trinajstić information content (AvgIpc) is 3.33. The number of fused-ring (bicyclic) bond motifs is 1. The summed E-state index contributed by atoms with van der Waals surface area (Å²) in [6.45, 7) is 3.45. The number of amides is 1. The quantitative estimate of drug-likeness (QED) is 0.624. The van der Waals surface area contributed by atoms with Crippen molar-refractivity contribution in [3.8, 4) is 0 Å². The summed E-state index contributed by atoms with van der Waals surface area (Å²) in [4.78, 5) is 22.9. The molecule has 2 aromatic heterocycles. The standard InChI is InChI=1S/C20H21ClFN5O3S/c1-12(2)31(29,30)25-18-10-26(9-17(18)13-3-14(21)5-15(22)4-13)20(28)19-8-23-6-16-7-24-11-27(16)19/h3-8,11-12,17-18,25H,9-10H2,1-2H3/t17-,18+/m0/s1. The van der Waals surface area contributed by atoms with Gasteiger partial charge in [0.1, 0.15) is 11.5 Å². The molecule has 0 unspecified atom stereocenters. The first-order chi connectivity index (χ1) is 14.7. The van der Waals surface area contributed by atoms with E-state index in [0.29, 0.717) is 16.8 Å². The number of benzene rings is 1. The normalized spacial score (nSPS) is 19.5. The van der Waals surface area contributed by atoms with Gasteiger partial charge in [-0.1, -0.05) is 11.6 Å². The maximum atomic E-state index is 14.0. The van der Waals surface area contributed by atoms with E-state index in [0.717, 1.165) is 0 Å². The molecule has 1 aliphatic heterocycles. The predicted molar refractivity (Wildman–Crippen MR) is 114 cm³/mol. The van der Waals surface area contributed by atoms with E-state index in [-0.39, 0.29) is 24.0 Å². The molecule has 0 radical (unpaired) electrons. The topological polar surface area (TPSA) is 96.7 Å². The molecule has 3 heterocycles. The minimum atomic E-state index is -3.62. The van der Waals surface area contributed by atoms with Gasteiger partial charge in [-0.3, -0.25) is 14.2 Å². The maximum Gasteiger partial charge on any atom is 0.272 e. The van der Waals surface area contributed by atoms with E-state index < -0.39 is 33.1 Å². The number of nitrogens with one attached hydrogen (secondary N) is 1. The molecule has 2 atom stereocenters. The van der Waals surface area contributed by atoms with Crippen molar-refractivity contribution in [1.29, 1.82) is 0 Å². The monoisotopic (exact) mass is 465 g/mol. The number of nitrogens with zero attached hydrogens (tertiary/aromatic N) is 4. The Morgan fingerprint density at radius 2 is 1.94 bits per heavy atom. The Hall–Kier alpha value is -2.56. The van der Waals surface area contributed by atoms with Crippen LogP contribution in [0.2, 0.25) is 5.02 Å². The molecule has 4 rings (SSSR count). The molecular formula is C20H21ClFN5O3S. The summed E-state index contributed by atoms with van der Waals surface area (Å²) in [5.41, 5.74) is 1.49. The fourth-order valence-electron chi connectivity index (χ4n) is 3.73. The van der Waals surface area contributed by atoms with Crippen LogP contribution in [0.25, 0.3) is 5.52 Å². The zero-order valence-corrected chi connectivity index (χ0v) is 18.4. The van der Waals surface area contributed by atoms with Gasteiger partial charge >= 0.3 is 0 Å². The van der Waals surface area contributed by atoms with Gasteiger partial charge in [-0.25, -0.2) is 22.5 Å². The molecule has 1 aromatic carbocycles. The summed E-state index contributed by atoms with van der Waals surface area (Å²) in [5, 5.41) is -0.449. The number of carbonyl (C=O) groups is 1. The van der Waals surface area contributed by atoms with Gasteiger partial charge in [-0.15, -0.1) is 0 Å². The first-order valence-corrected chi connectivity index (χ1v) is 11.6. The summed E-state index contributed by atoms with van der Waals surface area (Å²) in [6, 6.07) is 3.46. The molecule has 3 aromatic rings. The highest BCUT2D eigenvalue weighted by molar-refractivity contribution is 7.90. The minimum Gasteiger partial charge on any atom is -0.335 e. The first kappa shape index (κ1) is 21.7. The van der Waals surface area contributed by atoms with Crippen LogP contribution >= 0.6 is 11.6 Å². The van der Waals surface area contributed by atoms with Gasteiger partial charge in [0, 0.05) is 30.1 Å². The van der Waals surface area contributed by atoms with E-state index in [9.17, 15) is 17.6 Å². The fourth-order valence-corrected chi connectivity index (χ4v) is 4.90. The lowest BCUT2D eigenvalue weighted by molar-refractivity contribution is 0.0780. The molecule has 1 amide bonds. The van der Waals surface area contributed by atoms with Gasteiger partial charge in [0.25, 0.3) is 5.91 Å². The van der Waals surface area contributed by atoms with Crippen LogP contribution in [0.15, 0.2) is 43.1 Å². The molecule has 0 saturated carbocycles. The number of rotatable bonds is 5. The van der Waals surface area contributed by atoms with Crippen molar-refractivity contribution >= 4 is 33.0 Å². The van der Waals surface area contributed by atoms with Crippen LogP contribution < -0.4 is 4.72 Å². The summed E-state index contributed by atoms with van der Waals surface area (Å²) in [5.74, 6) is -1.32. The molecule has 11 heteroatoms. The number of halogens is 2. The van der Waals surface area contributed by atoms with Crippen molar-refractivity contribution < 1.29 is 17.6 Å². The number of likely N-dealkylation sites (tertiary alicyclic amines) is 1. The molecule has 1 saturated heterocycles. The first-order valence-electron chi connectivity index (χ1n) is 9.68. The summed E-state index contributed by atoms with van der Waals surface area (Å²) < 4.78 is 43.4. The average molecular weight is 466 g/mol. The van der Waals surface area contributed by atoms with Gasteiger partial charge in [0.15, 0.2) is 0 Å². The third-order valence-corrected chi connectivity index (χ3v) is 7.50. The van der Waals surface area contributed by atoms with Crippen LogP contribution in [-0.4, -0.2) is 58.0 Å².